The van der Waals surface area contributed by atoms with Crippen molar-refractivity contribution in [3.63, 3.8) is 0 Å². The summed E-state index contributed by atoms with van der Waals surface area (Å²) in [5, 5.41) is 6.24. The molecule has 1 aliphatic rings. The minimum atomic E-state index is -0.138. The first-order chi connectivity index (χ1) is 13.3. The number of aryl methyl sites for hydroxylation is 1. The van der Waals surface area contributed by atoms with E-state index in [2.05, 4.69) is 50.9 Å². The van der Waals surface area contributed by atoms with E-state index in [1.807, 2.05) is 6.07 Å². The molecule has 1 aliphatic carbocycles. The highest BCUT2D eigenvalue weighted by Crippen LogP contribution is 2.19. The highest BCUT2D eigenvalue weighted by molar-refractivity contribution is 5.92. The summed E-state index contributed by atoms with van der Waals surface area (Å²) in [5.41, 5.74) is 3.20. The van der Waals surface area contributed by atoms with E-state index in [0.717, 1.165) is 25.8 Å². The number of hydrogen-bond acceptors (Lipinski definition) is 4. The van der Waals surface area contributed by atoms with E-state index in [1.165, 1.54) is 43.1 Å². The van der Waals surface area contributed by atoms with Gasteiger partial charge in [-0.25, -0.2) is 9.97 Å². The van der Waals surface area contributed by atoms with Crippen LogP contribution < -0.4 is 10.6 Å². The fourth-order valence-electron chi connectivity index (χ4n) is 3.29. The molecule has 0 aliphatic heterocycles. The number of anilines is 1. The number of aromatic nitrogens is 2. The van der Waals surface area contributed by atoms with Gasteiger partial charge in [-0.15, -0.1) is 0 Å². The molecule has 1 heterocycles. The molecule has 27 heavy (non-hydrogen) atoms. The third kappa shape index (κ3) is 6.51. The summed E-state index contributed by atoms with van der Waals surface area (Å²) in [6.45, 7) is 1.47. The summed E-state index contributed by atoms with van der Waals surface area (Å²) in [6, 6.07) is 12.1. The van der Waals surface area contributed by atoms with Crippen LogP contribution in [0.15, 0.2) is 54.4 Å². The first kappa shape index (κ1) is 19.1. The van der Waals surface area contributed by atoms with Crippen molar-refractivity contribution in [2.75, 3.05) is 18.4 Å². The Morgan fingerprint density at radius 3 is 2.74 bits per heavy atom. The van der Waals surface area contributed by atoms with Crippen molar-refractivity contribution in [1.29, 1.82) is 0 Å². The molecule has 5 nitrogen and oxygen atoms in total. The first-order valence-electron chi connectivity index (χ1n) is 9.87. The van der Waals surface area contributed by atoms with E-state index >= 15 is 0 Å². The third-order valence-electron chi connectivity index (χ3n) is 4.81. The fourth-order valence-corrected chi connectivity index (χ4v) is 3.29. The van der Waals surface area contributed by atoms with Gasteiger partial charge in [0.05, 0.1) is 0 Å². The van der Waals surface area contributed by atoms with Gasteiger partial charge in [0.15, 0.2) is 0 Å². The van der Waals surface area contributed by atoms with Gasteiger partial charge >= 0.3 is 0 Å². The Balaban J connectivity index is 1.40. The number of allylic oxidation sites excluding steroid dienone is 1. The lowest BCUT2D eigenvalue weighted by Crippen LogP contribution is -2.26. The van der Waals surface area contributed by atoms with Gasteiger partial charge in [0, 0.05) is 19.2 Å². The number of benzene rings is 1. The molecule has 1 aromatic carbocycles. The van der Waals surface area contributed by atoms with Crippen molar-refractivity contribution in [3.8, 4) is 0 Å². The number of amides is 1. The second-order valence-electron chi connectivity index (χ2n) is 6.92. The Bertz CT molecular complexity index is 758. The number of rotatable bonds is 9. The van der Waals surface area contributed by atoms with Crippen molar-refractivity contribution in [3.05, 3.63) is 65.6 Å². The van der Waals surface area contributed by atoms with E-state index in [0.29, 0.717) is 18.1 Å². The molecule has 0 unspecified atom stereocenters. The van der Waals surface area contributed by atoms with Crippen LogP contribution in [0.3, 0.4) is 0 Å². The van der Waals surface area contributed by atoms with Crippen molar-refractivity contribution in [2.45, 2.75) is 44.9 Å². The van der Waals surface area contributed by atoms with Gasteiger partial charge < -0.3 is 10.6 Å². The summed E-state index contributed by atoms with van der Waals surface area (Å²) in [5.74, 6) is 0.555. The van der Waals surface area contributed by atoms with Crippen molar-refractivity contribution >= 4 is 11.7 Å². The molecule has 3 rings (SSSR count). The first-order valence-corrected chi connectivity index (χ1v) is 9.87. The van der Waals surface area contributed by atoms with Gasteiger partial charge in [-0.05, 0) is 50.5 Å². The van der Waals surface area contributed by atoms with Gasteiger partial charge in [0.2, 0.25) is 0 Å². The molecule has 0 saturated carbocycles. The number of carbonyl (C=O) groups excluding carboxylic acids is 1. The Morgan fingerprint density at radius 1 is 1.04 bits per heavy atom. The molecular weight excluding hydrogens is 336 g/mol. The van der Waals surface area contributed by atoms with Crippen LogP contribution in [0.4, 0.5) is 5.82 Å². The smallest absolute Gasteiger partial charge is 0.270 e. The lowest BCUT2D eigenvalue weighted by molar-refractivity contribution is 0.0949. The molecule has 1 aromatic heterocycles. The van der Waals surface area contributed by atoms with Gasteiger partial charge in [-0.3, -0.25) is 4.79 Å². The van der Waals surface area contributed by atoms with Crippen molar-refractivity contribution < 1.29 is 4.79 Å². The zero-order valence-corrected chi connectivity index (χ0v) is 15.8. The van der Waals surface area contributed by atoms with Gasteiger partial charge in [-0.2, -0.15) is 0 Å². The predicted octanol–water partition coefficient (Wildman–Crippen LogP) is 4.14. The van der Waals surface area contributed by atoms with E-state index in [4.69, 9.17) is 0 Å². The van der Waals surface area contributed by atoms with E-state index in [9.17, 15) is 4.79 Å². The minimum Gasteiger partial charge on any atom is -0.370 e. The molecule has 0 radical (unpaired) electrons. The lowest BCUT2D eigenvalue weighted by atomic mass is 9.97. The van der Waals surface area contributed by atoms with Gasteiger partial charge in [0.25, 0.3) is 5.91 Å². The van der Waals surface area contributed by atoms with Crippen molar-refractivity contribution in [2.24, 2.45) is 0 Å². The topological polar surface area (TPSA) is 66.9 Å². The number of nitrogens with zero attached hydrogens (tertiary/aromatic N) is 2. The largest absolute Gasteiger partial charge is 0.370 e. The molecular formula is C22H28N4O. The second-order valence-corrected chi connectivity index (χ2v) is 6.92. The minimum absolute atomic E-state index is 0.138. The molecule has 0 bridgehead atoms. The molecule has 1 amide bonds. The van der Waals surface area contributed by atoms with Crippen LogP contribution >= 0.6 is 0 Å². The average Bonchev–Trinajstić information content (AvgIpc) is 2.73. The molecule has 2 aromatic rings. The van der Waals surface area contributed by atoms with Crippen LogP contribution in [-0.4, -0.2) is 29.0 Å². The quantitative estimate of drug-likeness (QED) is 0.518. The van der Waals surface area contributed by atoms with Crippen LogP contribution in [0.25, 0.3) is 0 Å². The normalized spacial score (nSPS) is 13.7. The zero-order chi connectivity index (χ0) is 18.7. The number of carbonyl (C=O) groups is 1. The average molecular weight is 364 g/mol. The maximum absolute atomic E-state index is 12.3. The second kappa shape index (κ2) is 10.5. The Labute approximate surface area is 161 Å². The molecule has 0 fully saturated rings. The van der Waals surface area contributed by atoms with Crippen molar-refractivity contribution in [1.82, 2.24) is 15.3 Å². The molecule has 142 valence electrons. The predicted molar refractivity (Wildman–Crippen MR) is 109 cm³/mol. The summed E-state index contributed by atoms with van der Waals surface area (Å²) >= 11 is 0. The lowest BCUT2D eigenvalue weighted by Gasteiger charge is -2.13. The molecule has 0 atom stereocenters. The van der Waals surface area contributed by atoms with Crippen LogP contribution in [0, 0.1) is 0 Å². The SMILES string of the molecule is O=C(NCCC1=CCCCC1)c1cc(NCCCc2ccccc2)ncn1. The van der Waals surface area contributed by atoms with Crippen LogP contribution in [0.2, 0.25) is 0 Å². The maximum atomic E-state index is 12.3. The molecule has 0 spiro atoms. The summed E-state index contributed by atoms with van der Waals surface area (Å²) in [6.07, 6.45) is 11.6. The standard InChI is InChI=1S/C22H28N4O/c27-22(24-15-13-19-10-5-2-6-11-19)20-16-21(26-17-25-20)23-14-7-12-18-8-3-1-4-9-18/h1,3-4,8-10,16-17H,2,5-7,11-15H2,(H,24,27)(H,23,25,26). The molecule has 0 saturated heterocycles. The van der Waals surface area contributed by atoms with E-state index < -0.39 is 0 Å². The highest BCUT2D eigenvalue weighted by atomic mass is 16.1. The summed E-state index contributed by atoms with van der Waals surface area (Å²) in [7, 11) is 0. The fraction of sp³-hybridized carbons (Fsp3) is 0.409. The Hall–Kier alpha value is -2.69. The summed E-state index contributed by atoms with van der Waals surface area (Å²) in [4.78, 5) is 20.6. The number of hydrogen-bond donors (Lipinski definition) is 2. The van der Waals surface area contributed by atoms with Crippen LogP contribution in [-0.2, 0) is 6.42 Å². The molecule has 2 N–H and O–H groups in total. The third-order valence-corrected chi connectivity index (χ3v) is 4.81. The van der Waals surface area contributed by atoms with Crippen LogP contribution in [0.5, 0.6) is 0 Å². The Kier molecular flexibility index (Phi) is 7.39. The monoisotopic (exact) mass is 364 g/mol. The van der Waals surface area contributed by atoms with Gasteiger partial charge in [-0.1, -0.05) is 42.0 Å². The Morgan fingerprint density at radius 2 is 1.93 bits per heavy atom. The van der Waals surface area contributed by atoms with Gasteiger partial charge in [0.1, 0.15) is 17.8 Å². The number of nitrogens with one attached hydrogen (secondary N) is 2. The van der Waals surface area contributed by atoms with Crippen LogP contribution in [0.1, 0.15) is 54.6 Å². The zero-order valence-electron chi connectivity index (χ0n) is 15.8. The highest BCUT2D eigenvalue weighted by Gasteiger charge is 2.09. The van der Waals surface area contributed by atoms with E-state index in [-0.39, 0.29) is 5.91 Å². The maximum Gasteiger partial charge on any atom is 0.270 e. The molecule has 5 heteroatoms. The summed E-state index contributed by atoms with van der Waals surface area (Å²) < 4.78 is 0. The van der Waals surface area contributed by atoms with E-state index in [1.54, 1.807) is 6.07 Å².